The minimum atomic E-state index is -0.895. The monoisotopic (exact) mass is 332 g/mol. The summed E-state index contributed by atoms with van der Waals surface area (Å²) in [5, 5.41) is 12.3. The van der Waals surface area contributed by atoms with E-state index in [1.165, 1.54) is 5.56 Å². The highest BCUT2D eigenvalue weighted by atomic mass is 16.4. The molecule has 0 radical (unpaired) electrons. The summed E-state index contributed by atoms with van der Waals surface area (Å²) in [7, 11) is 0. The van der Waals surface area contributed by atoms with Crippen LogP contribution in [0.3, 0.4) is 0 Å². The number of rotatable bonds is 9. The van der Waals surface area contributed by atoms with Gasteiger partial charge >= 0.3 is 5.97 Å². The fourth-order valence-corrected chi connectivity index (χ4v) is 2.76. The summed E-state index contributed by atoms with van der Waals surface area (Å²) in [6, 6.07) is 7.81. The quantitative estimate of drug-likeness (QED) is 0.729. The van der Waals surface area contributed by atoms with Crippen molar-refractivity contribution >= 4 is 11.9 Å². The van der Waals surface area contributed by atoms with Crippen LogP contribution in [0.15, 0.2) is 24.3 Å². The van der Waals surface area contributed by atoms with Crippen molar-refractivity contribution in [1.29, 1.82) is 0 Å². The van der Waals surface area contributed by atoms with E-state index in [4.69, 9.17) is 0 Å². The second kappa shape index (κ2) is 8.29. The van der Waals surface area contributed by atoms with Crippen LogP contribution in [-0.2, 0) is 16.1 Å². The van der Waals surface area contributed by atoms with Gasteiger partial charge in [-0.1, -0.05) is 50.1 Å². The van der Waals surface area contributed by atoms with Crippen LogP contribution in [-0.4, -0.2) is 40.5 Å². The zero-order chi connectivity index (χ0) is 17.7. The van der Waals surface area contributed by atoms with Crippen LogP contribution in [0.2, 0.25) is 0 Å². The topological polar surface area (TPSA) is 69.6 Å². The lowest BCUT2D eigenvalue weighted by atomic mass is 9.99. The summed E-state index contributed by atoms with van der Waals surface area (Å²) in [4.78, 5) is 25.9. The van der Waals surface area contributed by atoms with Crippen LogP contribution in [0.4, 0.5) is 0 Å². The first kappa shape index (κ1) is 18.5. The zero-order valence-corrected chi connectivity index (χ0v) is 14.8. The maximum absolute atomic E-state index is 12.6. The highest BCUT2D eigenvalue weighted by molar-refractivity contribution is 5.80. The van der Waals surface area contributed by atoms with Crippen molar-refractivity contribution in [3.05, 3.63) is 35.4 Å². The normalized spacial score (nSPS) is 16.5. The van der Waals surface area contributed by atoms with Gasteiger partial charge in [0.1, 0.15) is 6.04 Å². The Labute approximate surface area is 144 Å². The number of aryl methyl sites for hydroxylation is 1. The van der Waals surface area contributed by atoms with Crippen LogP contribution in [0.1, 0.15) is 44.2 Å². The molecule has 5 nitrogen and oxygen atoms in total. The van der Waals surface area contributed by atoms with Crippen molar-refractivity contribution in [3.8, 4) is 0 Å². The van der Waals surface area contributed by atoms with E-state index < -0.39 is 12.0 Å². The molecule has 2 N–H and O–H groups in total. The van der Waals surface area contributed by atoms with Crippen molar-refractivity contribution in [2.24, 2.45) is 5.92 Å². The lowest BCUT2D eigenvalue weighted by molar-refractivity contribution is -0.141. The molecule has 132 valence electrons. The molecule has 1 aromatic rings. The number of aliphatic carboxylic acids is 1. The molecule has 24 heavy (non-hydrogen) atoms. The Bertz CT molecular complexity index is 566. The second-order valence-electron chi connectivity index (χ2n) is 6.82. The third kappa shape index (κ3) is 5.06. The average Bonchev–Trinajstić information content (AvgIpc) is 3.38. The zero-order valence-electron chi connectivity index (χ0n) is 14.8. The summed E-state index contributed by atoms with van der Waals surface area (Å²) in [6.07, 6.45) is 2.82. The number of nitrogens with one attached hydrogen (secondary N) is 1. The third-order valence-corrected chi connectivity index (χ3v) is 4.73. The Balaban J connectivity index is 1.96. The van der Waals surface area contributed by atoms with E-state index in [0.717, 1.165) is 24.8 Å². The summed E-state index contributed by atoms with van der Waals surface area (Å²) in [5.74, 6) is -0.928. The molecule has 1 amide bonds. The maximum atomic E-state index is 12.6. The lowest BCUT2D eigenvalue weighted by Crippen LogP contribution is -2.47. The fourth-order valence-electron chi connectivity index (χ4n) is 2.76. The summed E-state index contributed by atoms with van der Waals surface area (Å²) in [5.41, 5.74) is 2.31. The first-order chi connectivity index (χ1) is 11.4. The summed E-state index contributed by atoms with van der Waals surface area (Å²) >= 11 is 0. The Hall–Kier alpha value is -1.88. The van der Waals surface area contributed by atoms with Gasteiger partial charge in [-0.25, -0.2) is 0 Å². The third-order valence-electron chi connectivity index (χ3n) is 4.73. The lowest BCUT2D eigenvalue weighted by Gasteiger charge is -2.25. The number of hydrogen-bond donors (Lipinski definition) is 2. The van der Waals surface area contributed by atoms with E-state index >= 15 is 0 Å². The van der Waals surface area contributed by atoms with Gasteiger partial charge < -0.3 is 10.0 Å². The average molecular weight is 332 g/mol. The molecule has 0 heterocycles. The number of hydrogen-bond acceptors (Lipinski definition) is 3. The number of carbonyl (C=O) groups is 2. The number of carboxylic acid groups (broad SMARTS) is 1. The fraction of sp³-hybridized carbons (Fsp3) is 0.579. The molecule has 2 rings (SSSR count). The van der Waals surface area contributed by atoms with Gasteiger partial charge in [0.05, 0.1) is 6.54 Å². The predicted molar refractivity (Wildman–Crippen MR) is 93.6 cm³/mol. The summed E-state index contributed by atoms with van der Waals surface area (Å²) < 4.78 is 0. The van der Waals surface area contributed by atoms with Crippen molar-refractivity contribution in [2.45, 2.75) is 58.7 Å². The maximum Gasteiger partial charge on any atom is 0.320 e. The van der Waals surface area contributed by atoms with Crippen LogP contribution < -0.4 is 5.32 Å². The highest BCUT2D eigenvalue weighted by Gasteiger charge is 2.33. The van der Waals surface area contributed by atoms with Crippen molar-refractivity contribution < 1.29 is 14.7 Å². The SMILES string of the molecule is CC[C@H](C)[C@H](NCC(=O)N(Cc1ccc(C)cc1)C1CC1)C(=O)O. The van der Waals surface area contributed by atoms with E-state index in [9.17, 15) is 14.7 Å². The van der Waals surface area contributed by atoms with Crippen LogP contribution in [0.25, 0.3) is 0 Å². The largest absolute Gasteiger partial charge is 0.480 e. The Morgan fingerprint density at radius 2 is 1.92 bits per heavy atom. The Morgan fingerprint density at radius 1 is 1.29 bits per heavy atom. The van der Waals surface area contributed by atoms with Gasteiger partial charge in [-0.3, -0.25) is 14.9 Å². The van der Waals surface area contributed by atoms with Gasteiger partial charge in [0, 0.05) is 12.6 Å². The molecule has 0 saturated heterocycles. The number of nitrogens with zero attached hydrogens (tertiary/aromatic N) is 1. The minimum absolute atomic E-state index is 0.0122. The molecule has 0 spiro atoms. The Kier molecular flexibility index (Phi) is 6.37. The molecule has 1 aromatic carbocycles. The molecular formula is C19H28N2O3. The van der Waals surface area contributed by atoms with E-state index in [2.05, 4.69) is 5.32 Å². The van der Waals surface area contributed by atoms with E-state index in [1.54, 1.807) is 0 Å². The smallest absolute Gasteiger partial charge is 0.320 e. The first-order valence-corrected chi connectivity index (χ1v) is 8.73. The molecule has 0 bridgehead atoms. The molecule has 0 aromatic heterocycles. The molecule has 0 unspecified atom stereocenters. The standard InChI is InChI=1S/C19H28N2O3/c1-4-14(3)18(19(23)24)20-11-17(22)21(16-9-10-16)12-15-7-5-13(2)6-8-15/h5-8,14,16,18,20H,4,9-12H2,1-3H3,(H,23,24)/t14-,18-/m0/s1. The molecule has 0 aliphatic heterocycles. The molecular weight excluding hydrogens is 304 g/mol. The minimum Gasteiger partial charge on any atom is -0.480 e. The van der Waals surface area contributed by atoms with Gasteiger partial charge in [0.2, 0.25) is 5.91 Å². The van der Waals surface area contributed by atoms with Crippen molar-refractivity contribution in [1.82, 2.24) is 10.2 Å². The van der Waals surface area contributed by atoms with Gasteiger partial charge in [-0.2, -0.15) is 0 Å². The molecule has 1 aliphatic rings. The van der Waals surface area contributed by atoms with Crippen LogP contribution >= 0.6 is 0 Å². The number of carboxylic acids is 1. The predicted octanol–water partition coefficient (Wildman–Crippen LogP) is 2.57. The highest BCUT2D eigenvalue weighted by Crippen LogP contribution is 2.28. The molecule has 1 aliphatic carbocycles. The first-order valence-electron chi connectivity index (χ1n) is 8.73. The Morgan fingerprint density at radius 3 is 2.42 bits per heavy atom. The molecule has 1 fully saturated rings. The number of carbonyl (C=O) groups excluding carboxylic acids is 1. The van der Waals surface area contributed by atoms with E-state index in [0.29, 0.717) is 12.6 Å². The van der Waals surface area contributed by atoms with Gasteiger partial charge in [0.25, 0.3) is 0 Å². The van der Waals surface area contributed by atoms with Crippen LogP contribution in [0.5, 0.6) is 0 Å². The van der Waals surface area contributed by atoms with Gasteiger partial charge in [-0.15, -0.1) is 0 Å². The number of benzene rings is 1. The van der Waals surface area contributed by atoms with Crippen LogP contribution in [0, 0.1) is 12.8 Å². The van der Waals surface area contributed by atoms with E-state index in [1.807, 2.05) is 49.9 Å². The van der Waals surface area contributed by atoms with Crippen molar-refractivity contribution in [2.75, 3.05) is 6.54 Å². The van der Waals surface area contributed by atoms with Gasteiger partial charge in [0.15, 0.2) is 0 Å². The van der Waals surface area contributed by atoms with E-state index in [-0.39, 0.29) is 18.4 Å². The second-order valence-corrected chi connectivity index (χ2v) is 6.82. The van der Waals surface area contributed by atoms with Crippen molar-refractivity contribution in [3.63, 3.8) is 0 Å². The summed E-state index contributed by atoms with van der Waals surface area (Å²) in [6.45, 7) is 6.55. The molecule has 1 saturated carbocycles. The molecule has 5 heteroatoms. The van der Waals surface area contributed by atoms with Gasteiger partial charge in [-0.05, 0) is 31.2 Å². The molecule has 2 atom stereocenters. The number of amides is 1.